The minimum atomic E-state index is 0.0646. The highest BCUT2D eigenvalue weighted by molar-refractivity contribution is 5.94. The summed E-state index contributed by atoms with van der Waals surface area (Å²) in [4.78, 5) is 14.0. The Morgan fingerprint density at radius 1 is 1.05 bits per heavy atom. The second-order valence-corrected chi connectivity index (χ2v) is 4.94. The van der Waals surface area contributed by atoms with Gasteiger partial charge in [-0.3, -0.25) is 4.79 Å². The molecule has 3 heteroatoms. The average molecular weight is 268 g/mol. The van der Waals surface area contributed by atoms with Crippen LogP contribution in [0.15, 0.2) is 48.5 Å². The van der Waals surface area contributed by atoms with Gasteiger partial charge in [0, 0.05) is 19.3 Å². The monoisotopic (exact) mass is 268 g/mol. The fourth-order valence-corrected chi connectivity index (χ4v) is 2.12. The molecule has 2 rings (SSSR count). The van der Waals surface area contributed by atoms with Gasteiger partial charge in [-0.2, -0.15) is 0 Å². The van der Waals surface area contributed by atoms with Crippen LogP contribution in [0.5, 0.6) is 0 Å². The molecule has 2 N–H and O–H groups in total. The van der Waals surface area contributed by atoms with Gasteiger partial charge >= 0.3 is 0 Å². The lowest BCUT2D eigenvalue weighted by Gasteiger charge is -2.18. The van der Waals surface area contributed by atoms with Crippen LogP contribution in [0.25, 0.3) is 0 Å². The van der Waals surface area contributed by atoms with Gasteiger partial charge in [-0.15, -0.1) is 0 Å². The van der Waals surface area contributed by atoms with Gasteiger partial charge in [0.1, 0.15) is 0 Å². The summed E-state index contributed by atoms with van der Waals surface area (Å²) in [7, 11) is 1.80. The summed E-state index contributed by atoms with van der Waals surface area (Å²) in [5.41, 5.74) is 9.82. The first-order valence-electron chi connectivity index (χ1n) is 6.72. The second-order valence-electron chi connectivity index (χ2n) is 4.94. The van der Waals surface area contributed by atoms with Crippen LogP contribution in [0.4, 0.5) is 5.69 Å². The lowest BCUT2D eigenvalue weighted by atomic mass is 10.0. The van der Waals surface area contributed by atoms with E-state index in [1.54, 1.807) is 11.9 Å². The lowest BCUT2D eigenvalue weighted by molar-refractivity contribution is -0.117. The van der Waals surface area contributed by atoms with Crippen LogP contribution in [0, 0.1) is 6.92 Å². The highest BCUT2D eigenvalue weighted by Gasteiger charge is 2.13. The Morgan fingerprint density at radius 2 is 1.65 bits per heavy atom. The number of hydrogen-bond acceptors (Lipinski definition) is 2. The van der Waals surface area contributed by atoms with Gasteiger partial charge < -0.3 is 10.6 Å². The molecule has 3 nitrogen and oxygen atoms in total. The molecule has 0 radical (unpaired) electrons. The quantitative estimate of drug-likeness (QED) is 0.926. The molecule has 2 aromatic carbocycles. The molecule has 2 aromatic rings. The van der Waals surface area contributed by atoms with Crippen LogP contribution in [-0.2, 0) is 17.8 Å². The molecule has 104 valence electrons. The number of likely N-dealkylation sites (N-methyl/N-ethyl adjacent to an activating group) is 1. The van der Waals surface area contributed by atoms with Gasteiger partial charge in [0.2, 0.25) is 5.91 Å². The molecule has 1 amide bonds. The van der Waals surface area contributed by atoms with E-state index in [4.69, 9.17) is 5.73 Å². The van der Waals surface area contributed by atoms with Gasteiger partial charge in [-0.1, -0.05) is 42.0 Å². The first-order chi connectivity index (χ1) is 9.61. The molecule has 0 saturated carbocycles. The summed E-state index contributed by atoms with van der Waals surface area (Å²) in [5.74, 6) is 0.0646. The Labute approximate surface area is 120 Å². The number of carbonyl (C=O) groups is 1. The zero-order valence-electron chi connectivity index (χ0n) is 12.0. The van der Waals surface area contributed by atoms with Crippen molar-refractivity contribution in [3.05, 3.63) is 65.2 Å². The molecule has 0 fully saturated rings. The van der Waals surface area contributed by atoms with E-state index in [1.165, 1.54) is 5.56 Å². The van der Waals surface area contributed by atoms with Gasteiger partial charge in [-0.25, -0.2) is 0 Å². The minimum absolute atomic E-state index is 0.0646. The summed E-state index contributed by atoms with van der Waals surface area (Å²) < 4.78 is 0. The molecule has 0 bridgehead atoms. The maximum atomic E-state index is 12.4. The van der Waals surface area contributed by atoms with E-state index in [2.05, 4.69) is 0 Å². The van der Waals surface area contributed by atoms with E-state index in [0.717, 1.165) is 16.8 Å². The number of hydrogen-bond donors (Lipinski definition) is 1. The first kappa shape index (κ1) is 14.3. The molecule has 0 saturated heterocycles. The number of aryl methyl sites for hydroxylation is 1. The molecule has 0 heterocycles. The van der Waals surface area contributed by atoms with E-state index in [9.17, 15) is 4.79 Å². The Hall–Kier alpha value is -2.13. The smallest absolute Gasteiger partial charge is 0.231 e. The summed E-state index contributed by atoms with van der Waals surface area (Å²) >= 11 is 0. The predicted octanol–water partition coefficient (Wildman–Crippen LogP) is 2.66. The maximum Gasteiger partial charge on any atom is 0.231 e. The first-order valence-corrected chi connectivity index (χ1v) is 6.72. The number of benzene rings is 2. The van der Waals surface area contributed by atoms with Crippen molar-refractivity contribution in [3.8, 4) is 0 Å². The molecule has 0 aliphatic carbocycles. The van der Waals surface area contributed by atoms with Crippen LogP contribution in [0.1, 0.15) is 16.7 Å². The molecular formula is C17H20N2O. The predicted molar refractivity (Wildman–Crippen MR) is 82.6 cm³/mol. The molecule has 0 spiro atoms. The third-order valence-corrected chi connectivity index (χ3v) is 3.48. The molecule has 0 atom stereocenters. The van der Waals surface area contributed by atoms with Gasteiger partial charge in [0.25, 0.3) is 0 Å². The zero-order chi connectivity index (χ0) is 14.5. The van der Waals surface area contributed by atoms with Crippen LogP contribution in [-0.4, -0.2) is 13.0 Å². The highest BCUT2D eigenvalue weighted by Crippen LogP contribution is 2.16. The average Bonchev–Trinajstić information content (AvgIpc) is 2.48. The molecule has 0 aliphatic rings. The van der Waals surface area contributed by atoms with Crippen molar-refractivity contribution in [1.29, 1.82) is 0 Å². The topological polar surface area (TPSA) is 46.3 Å². The molecule has 0 aliphatic heterocycles. The third-order valence-electron chi connectivity index (χ3n) is 3.48. The Morgan fingerprint density at radius 3 is 2.25 bits per heavy atom. The Kier molecular flexibility index (Phi) is 4.53. The van der Waals surface area contributed by atoms with Gasteiger partial charge in [0.05, 0.1) is 6.42 Å². The third kappa shape index (κ3) is 3.25. The molecule has 0 unspecified atom stereocenters. The highest BCUT2D eigenvalue weighted by atomic mass is 16.2. The maximum absolute atomic E-state index is 12.4. The normalized spacial score (nSPS) is 10.3. The van der Waals surface area contributed by atoms with E-state index in [0.29, 0.717) is 13.0 Å². The van der Waals surface area contributed by atoms with Gasteiger partial charge in [0.15, 0.2) is 0 Å². The van der Waals surface area contributed by atoms with Crippen molar-refractivity contribution in [1.82, 2.24) is 0 Å². The van der Waals surface area contributed by atoms with Crippen LogP contribution < -0.4 is 10.6 Å². The van der Waals surface area contributed by atoms with Crippen molar-refractivity contribution in [2.24, 2.45) is 5.73 Å². The summed E-state index contributed by atoms with van der Waals surface area (Å²) in [6.45, 7) is 2.49. The van der Waals surface area contributed by atoms with E-state index in [-0.39, 0.29) is 5.91 Å². The van der Waals surface area contributed by atoms with Crippen molar-refractivity contribution >= 4 is 11.6 Å². The lowest BCUT2D eigenvalue weighted by Crippen LogP contribution is -2.28. The number of nitrogens with two attached hydrogens (primary N) is 1. The molecule has 0 aromatic heterocycles. The second kappa shape index (κ2) is 6.35. The summed E-state index contributed by atoms with van der Waals surface area (Å²) in [6.07, 6.45) is 0.373. The van der Waals surface area contributed by atoms with Crippen molar-refractivity contribution < 1.29 is 4.79 Å². The number of nitrogens with zero attached hydrogens (tertiary/aromatic N) is 1. The number of amides is 1. The number of rotatable bonds is 4. The fourth-order valence-electron chi connectivity index (χ4n) is 2.12. The van der Waals surface area contributed by atoms with Crippen LogP contribution in [0.2, 0.25) is 0 Å². The van der Waals surface area contributed by atoms with Crippen molar-refractivity contribution in [2.75, 3.05) is 11.9 Å². The van der Waals surface area contributed by atoms with Crippen LogP contribution >= 0.6 is 0 Å². The van der Waals surface area contributed by atoms with Gasteiger partial charge in [-0.05, 0) is 30.2 Å². The standard InChI is InChI=1S/C17H20N2O/c1-13-7-9-16(10-8-13)19(2)17(20)11-14-5-3-4-6-15(14)12-18/h3-10H,11-12,18H2,1-2H3. The van der Waals surface area contributed by atoms with E-state index in [1.807, 2.05) is 55.5 Å². The number of anilines is 1. The minimum Gasteiger partial charge on any atom is -0.326 e. The Balaban J connectivity index is 2.13. The molecular weight excluding hydrogens is 248 g/mol. The Bertz CT molecular complexity index is 590. The van der Waals surface area contributed by atoms with E-state index >= 15 is 0 Å². The summed E-state index contributed by atoms with van der Waals surface area (Å²) in [6, 6.07) is 15.7. The molecule has 20 heavy (non-hydrogen) atoms. The van der Waals surface area contributed by atoms with Crippen LogP contribution in [0.3, 0.4) is 0 Å². The number of carbonyl (C=O) groups excluding carboxylic acids is 1. The van der Waals surface area contributed by atoms with E-state index < -0.39 is 0 Å². The summed E-state index contributed by atoms with van der Waals surface area (Å²) in [5, 5.41) is 0. The van der Waals surface area contributed by atoms with Crippen molar-refractivity contribution in [2.45, 2.75) is 19.9 Å². The largest absolute Gasteiger partial charge is 0.326 e. The fraction of sp³-hybridized carbons (Fsp3) is 0.235. The van der Waals surface area contributed by atoms with Crippen molar-refractivity contribution in [3.63, 3.8) is 0 Å². The zero-order valence-corrected chi connectivity index (χ0v) is 12.0. The SMILES string of the molecule is Cc1ccc(N(C)C(=O)Cc2ccccc2CN)cc1.